The average Bonchev–Trinajstić information content (AvgIpc) is 2.91. The molecule has 126 valence electrons. The Labute approximate surface area is 139 Å². The molecule has 1 aliphatic rings. The summed E-state index contributed by atoms with van der Waals surface area (Å²) < 4.78 is 0. The molecule has 0 spiro atoms. The molecule has 2 rings (SSSR count). The van der Waals surface area contributed by atoms with Gasteiger partial charge in [0.05, 0.1) is 17.4 Å². The number of carbonyl (C=O) groups is 3. The monoisotopic (exact) mass is 338 g/mol. The van der Waals surface area contributed by atoms with E-state index < -0.39 is 23.7 Å². The molecular formula is C16H22N2O4S. The number of primary amides is 1. The van der Waals surface area contributed by atoms with Crippen molar-refractivity contribution in [3.05, 3.63) is 16.5 Å². The lowest BCUT2D eigenvalue weighted by atomic mass is 9.79. The van der Waals surface area contributed by atoms with Gasteiger partial charge in [-0.3, -0.25) is 14.4 Å². The number of nitrogens with two attached hydrogens (primary N) is 1. The summed E-state index contributed by atoms with van der Waals surface area (Å²) in [6.45, 7) is 3.98. The first-order valence-corrected chi connectivity index (χ1v) is 8.60. The molecule has 23 heavy (non-hydrogen) atoms. The normalized spacial score (nSPS) is 21.2. The van der Waals surface area contributed by atoms with Crippen LogP contribution < -0.4 is 11.1 Å². The van der Waals surface area contributed by atoms with Crippen LogP contribution in [0.5, 0.6) is 0 Å². The number of thiophene rings is 1. The number of aliphatic carboxylic acids is 1. The topological polar surface area (TPSA) is 109 Å². The number of nitrogens with one attached hydrogen (secondary N) is 1. The first-order valence-electron chi connectivity index (χ1n) is 7.78. The Hall–Kier alpha value is -1.89. The van der Waals surface area contributed by atoms with E-state index in [4.69, 9.17) is 5.73 Å². The second-order valence-corrected chi connectivity index (χ2v) is 7.32. The fourth-order valence-electron chi connectivity index (χ4n) is 2.92. The largest absolute Gasteiger partial charge is 0.481 e. The molecule has 1 aromatic rings. The van der Waals surface area contributed by atoms with Crippen LogP contribution in [0.15, 0.2) is 6.07 Å². The number of carbonyl (C=O) groups excluding carboxylic acids is 2. The Morgan fingerprint density at radius 3 is 2.39 bits per heavy atom. The molecule has 0 radical (unpaired) electrons. The Morgan fingerprint density at radius 1 is 1.26 bits per heavy atom. The Morgan fingerprint density at radius 2 is 1.87 bits per heavy atom. The molecule has 0 aliphatic heterocycles. The molecule has 1 fully saturated rings. The van der Waals surface area contributed by atoms with Crippen LogP contribution in [-0.4, -0.2) is 22.9 Å². The third-order valence-corrected chi connectivity index (χ3v) is 5.59. The molecule has 6 nitrogen and oxygen atoms in total. The highest BCUT2D eigenvalue weighted by Gasteiger charge is 2.36. The van der Waals surface area contributed by atoms with Crippen molar-refractivity contribution >= 4 is 34.1 Å². The van der Waals surface area contributed by atoms with Gasteiger partial charge in [0.1, 0.15) is 5.00 Å². The predicted molar refractivity (Wildman–Crippen MR) is 88.6 cm³/mol. The molecular weight excluding hydrogens is 316 g/mol. The summed E-state index contributed by atoms with van der Waals surface area (Å²) in [6, 6.07) is 1.70. The summed E-state index contributed by atoms with van der Waals surface area (Å²) in [5.41, 5.74) is 5.67. The summed E-state index contributed by atoms with van der Waals surface area (Å²) in [7, 11) is 0. The molecule has 0 saturated heterocycles. The number of amides is 2. The fourth-order valence-corrected chi connectivity index (χ4v) is 3.98. The van der Waals surface area contributed by atoms with Crippen LogP contribution in [0.25, 0.3) is 0 Å². The number of hydrogen-bond donors (Lipinski definition) is 3. The number of anilines is 1. The van der Waals surface area contributed by atoms with Gasteiger partial charge in [-0.05, 0) is 24.8 Å². The fraction of sp³-hybridized carbons (Fsp3) is 0.562. The van der Waals surface area contributed by atoms with Crippen molar-refractivity contribution in [2.24, 2.45) is 17.6 Å². The lowest BCUT2D eigenvalue weighted by molar-refractivity contribution is -0.147. The number of rotatable bonds is 5. The minimum absolute atomic E-state index is 0.213. The molecule has 4 N–H and O–H groups in total. The van der Waals surface area contributed by atoms with E-state index in [9.17, 15) is 19.5 Å². The van der Waals surface area contributed by atoms with Crippen LogP contribution in [0.1, 0.15) is 60.7 Å². The molecule has 2 atom stereocenters. The van der Waals surface area contributed by atoms with Crippen molar-refractivity contribution in [3.63, 3.8) is 0 Å². The van der Waals surface area contributed by atoms with Gasteiger partial charge in [0.25, 0.3) is 5.91 Å². The minimum atomic E-state index is -0.936. The zero-order valence-electron chi connectivity index (χ0n) is 13.3. The highest BCUT2D eigenvalue weighted by Crippen LogP contribution is 2.35. The maximum Gasteiger partial charge on any atom is 0.307 e. The van der Waals surface area contributed by atoms with Crippen molar-refractivity contribution in [2.45, 2.75) is 45.4 Å². The maximum absolute atomic E-state index is 12.5. The minimum Gasteiger partial charge on any atom is -0.481 e. The van der Waals surface area contributed by atoms with Crippen LogP contribution in [0.3, 0.4) is 0 Å². The van der Waals surface area contributed by atoms with Gasteiger partial charge in [-0.25, -0.2) is 0 Å². The molecule has 0 aromatic carbocycles. The zero-order chi connectivity index (χ0) is 17.1. The SMILES string of the molecule is CC(C)c1cc(C(N)=O)c(NC(=O)[C@@H]2CCCC[C@@H]2C(=O)O)s1. The van der Waals surface area contributed by atoms with Crippen molar-refractivity contribution in [3.8, 4) is 0 Å². The Balaban J connectivity index is 2.22. The van der Waals surface area contributed by atoms with E-state index >= 15 is 0 Å². The van der Waals surface area contributed by atoms with Crippen LogP contribution in [0.4, 0.5) is 5.00 Å². The van der Waals surface area contributed by atoms with Gasteiger partial charge < -0.3 is 16.2 Å². The zero-order valence-corrected chi connectivity index (χ0v) is 14.1. The van der Waals surface area contributed by atoms with Gasteiger partial charge in [-0.2, -0.15) is 0 Å². The number of carboxylic acids is 1. The van der Waals surface area contributed by atoms with Gasteiger partial charge in [0.15, 0.2) is 0 Å². The van der Waals surface area contributed by atoms with Gasteiger partial charge in [0, 0.05) is 4.88 Å². The summed E-state index contributed by atoms with van der Waals surface area (Å²) in [5.74, 6) is -2.88. The van der Waals surface area contributed by atoms with Crippen LogP contribution in [-0.2, 0) is 9.59 Å². The van der Waals surface area contributed by atoms with Gasteiger partial charge in [-0.15, -0.1) is 11.3 Å². The van der Waals surface area contributed by atoms with Crippen LogP contribution in [0.2, 0.25) is 0 Å². The first-order chi connectivity index (χ1) is 10.8. The maximum atomic E-state index is 12.5. The van der Waals surface area contributed by atoms with Crippen molar-refractivity contribution < 1.29 is 19.5 Å². The van der Waals surface area contributed by atoms with E-state index in [1.807, 2.05) is 13.8 Å². The van der Waals surface area contributed by atoms with Crippen molar-refractivity contribution in [1.29, 1.82) is 0 Å². The van der Waals surface area contributed by atoms with Gasteiger partial charge in [0.2, 0.25) is 5.91 Å². The highest BCUT2D eigenvalue weighted by molar-refractivity contribution is 7.16. The van der Waals surface area contributed by atoms with E-state index in [2.05, 4.69) is 5.32 Å². The molecule has 1 aromatic heterocycles. The van der Waals surface area contributed by atoms with Crippen molar-refractivity contribution in [2.75, 3.05) is 5.32 Å². The lowest BCUT2D eigenvalue weighted by Gasteiger charge is -2.27. The van der Waals surface area contributed by atoms with Gasteiger partial charge >= 0.3 is 5.97 Å². The lowest BCUT2D eigenvalue weighted by Crippen LogP contribution is -2.36. The third kappa shape index (κ3) is 3.90. The third-order valence-electron chi connectivity index (χ3n) is 4.24. The van der Waals surface area contributed by atoms with E-state index in [-0.39, 0.29) is 17.4 Å². The standard InChI is InChI=1S/C16H22N2O4S/c1-8(2)12-7-11(13(17)19)15(23-12)18-14(20)9-5-3-4-6-10(9)16(21)22/h7-10H,3-6H2,1-2H3,(H2,17,19)(H,18,20)(H,21,22)/t9-,10+/m1/s1. The quantitative estimate of drug-likeness (QED) is 0.766. The Bertz CT molecular complexity index is 624. The van der Waals surface area contributed by atoms with Crippen LogP contribution >= 0.6 is 11.3 Å². The van der Waals surface area contributed by atoms with E-state index in [1.165, 1.54) is 11.3 Å². The molecule has 0 unspecified atom stereocenters. The smallest absolute Gasteiger partial charge is 0.307 e. The summed E-state index contributed by atoms with van der Waals surface area (Å²) in [5, 5.41) is 12.4. The molecule has 1 aliphatic carbocycles. The number of carboxylic acid groups (broad SMARTS) is 1. The van der Waals surface area contributed by atoms with E-state index in [1.54, 1.807) is 6.07 Å². The molecule has 1 saturated carbocycles. The Kier molecular flexibility index (Phi) is 5.41. The number of hydrogen-bond acceptors (Lipinski definition) is 4. The van der Waals surface area contributed by atoms with Crippen LogP contribution in [0, 0.1) is 11.8 Å². The molecule has 2 amide bonds. The van der Waals surface area contributed by atoms with Crippen molar-refractivity contribution in [1.82, 2.24) is 0 Å². The highest BCUT2D eigenvalue weighted by atomic mass is 32.1. The molecule has 0 bridgehead atoms. The second-order valence-electron chi connectivity index (χ2n) is 6.24. The first kappa shape index (κ1) is 17.5. The second kappa shape index (κ2) is 7.12. The molecule has 7 heteroatoms. The average molecular weight is 338 g/mol. The molecule has 1 heterocycles. The summed E-state index contributed by atoms with van der Waals surface area (Å²) >= 11 is 1.32. The summed E-state index contributed by atoms with van der Waals surface area (Å²) in [6.07, 6.45) is 2.73. The predicted octanol–water partition coefficient (Wildman–Crippen LogP) is 2.80. The van der Waals surface area contributed by atoms with Gasteiger partial charge in [-0.1, -0.05) is 26.7 Å². The van der Waals surface area contributed by atoms with E-state index in [0.29, 0.717) is 17.8 Å². The van der Waals surface area contributed by atoms with E-state index in [0.717, 1.165) is 17.7 Å². The summed E-state index contributed by atoms with van der Waals surface area (Å²) in [4.78, 5) is 36.4.